The van der Waals surface area contributed by atoms with Gasteiger partial charge in [-0.1, -0.05) is 35.3 Å². The Bertz CT molecular complexity index is 856. The van der Waals surface area contributed by atoms with Crippen LogP contribution in [0, 0.1) is 0 Å². The van der Waals surface area contributed by atoms with Crippen LogP contribution in [0.3, 0.4) is 0 Å². The third-order valence-electron chi connectivity index (χ3n) is 3.61. The van der Waals surface area contributed by atoms with E-state index in [0.29, 0.717) is 16.5 Å². The molecule has 0 saturated heterocycles. The Labute approximate surface area is 149 Å². The first-order valence-electron chi connectivity index (χ1n) is 7.35. The molecule has 4 nitrogen and oxygen atoms in total. The number of aliphatic carboxylic acids is 1. The molecule has 1 N–H and O–H groups in total. The Balaban J connectivity index is 2.02. The first kappa shape index (κ1) is 16.6. The quantitative estimate of drug-likeness (QED) is 0.706. The van der Waals surface area contributed by atoms with Crippen molar-refractivity contribution in [3.8, 4) is 16.9 Å². The Hall–Kier alpha value is -2.30. The molecule has 0 spiro atoms. The molecule has 0 radical (unpaired) electrons. The maximum absolute atomic E-state index is 10.9. The molecule has 1 heterocycles. The summed E-state index contributed by atoms with van der Waals surface area (Å²) in [5.41, 5.74) is 3.38. The fraction of sp³-hybridized carbons (Fsp3) is 0.111. The molecule has 0 bridgehead atoms. The zero-order chi connectivity index (χ0) is 17.1. The molecule has 6 heteroatoms. The van der Waals surface area contributed by atoms with Crippen molar-refractivity contribution in [1.29, 1.82) is 0 Å². The second-order valence-corrected chi connectivity index (χ2v) is 6.20. The van der Waals surface area contributed by atoms with Crippen LogP contribution in [0.4, 0.5) is 0 Å². The van der Waals surface area contributed by atoms with E-state index in [-0.39, 0.29) is 6.42 Å². The summed E-state index contributed by atoms with van der Waals surface area (Å²) in [7, 11) is 0. The lowest BCUT2D eigenvalue weighted by Gasteiger charge is -2.02. The van der Waals surface area contributed by atoms with E-state index in [2.05, 4.69) is 5.10 Å². The number of hydrogen-bond donors (Lipinski definition) is 1. The summed E-state index contributed by atoms with van der Waals surface area (Å²) in [6.07, 6.45) is 2.31. The predicted molar refractivity (Wildman–Crippen MR) is 95.0 cm³/mol. The smallest absolute Gasteiger partial charge is 0.303 e. The van der Waals surface area contributed by atoms with Crippen LogP contribution in [0.25, 0.3) is 16.9 Å². The number of rotatable bonds is 5. The summed E-state index contributed by atoms with van der Waals surface area (Å²) in [5.74, 6) is -0.837. The van der Waals surface area contributed by atoms with E-state index in [1.54, 1.807) is 28.9 Å². The first-order valence-corrected chi connectivity index (χ1v) is 8.11. The van der Waals surface area contributed by atoms with Crippen molar-refractivity contribution in [3.05, 3.63) is 70.3 Å². The molecular formula is C18H14Cl2N2O2. The molecule has 0 atom stereocenters. The van der Waals surface area contributed by atoms with E-state index in [4.69, 9.17) is 28.3 Å². The molecule has 0 saturated carbocycles. The second kappa shape index (κ2) is 7.07. The molecule has 1 aromatic heterocycles. The summed E-state index contributed by atoms with van der Waals surface area (Å²) < 4.78 is 1.73. The SMILES string of the molecule is O=C(O)CCc1cn(-c2ccc(Cl)cc2)nc1-c1ccc(Cl)cc1. The molecule has 0 unspecified atom stereocenters. The molecule has 0 aliphatic carbocycles. The summed E-state index contributed by atoms with van der Waals surface area (Å²) in [5, 5.41) is 14.9. The normalized spacial score (nSPS) is 10.8. The number of carboxylic acid groups (broad SMARTS) is 1. The highest BCUT2D eigenvalue weighted by Gasteiger charge is 2.13. The first-order chi connectivity index (χ1) is 11.5. The lowest BCUT2D eigenvalue weighted by Crippen LogP contribution is -1.97. The van der Waals surface area contributed by atoms with Crippen molar-refractivity contribution in [1.82, 2.24) is 9.78 Å². The number of benzene rings is 2. The van der Waals surface area contributed by atoms with Gasteiger partial charge in [-0.2, -0.15) is 5.10 Å². The van der Waals surface area contributed by atoms with Crippen LogP contribution in [-0.4, -0.2) is 20.9 Å². The molecule has 0 aliphatic rings. The van der Waals surface area contributed by atoms with Crippen LogP contribution in [0.2, 0.25) is 10.0 Å². The zero-order valence-electron chi connectivity index (χ0n) is 12.6. The zero-order valence-corrected chi connectivity index (χ0v) is 14.1. The topological polar surface area (TPSA) is 55.1 Å². The molecule has 2 aromatic carbocycles. The van der Waals surface area contributed by atoms with Crippen LogP contribution in [0.1, 0.15) is 12.0 Å². The minimum absolute atomic E-state index is 0.0485. The number of halogens is 2. The summed E-state index contributed by atoms with van der Waals surface area (Å²) in [6.45, 7) is 0. The number of carbonyl (C=O) groups is 1. The molecule has 122 valence electrons. The van der Waals surface area contributed by atoms with E-state index in [9.17, 15) is 4.79 Å². The standard InChI is InChI=1S/C18H14Cl2N2O2/c19-14-4-1-12(2-5-14)18-13(3-10-17(23)24)11-22(21-18)16-8-6-15(20)7-9-16/h1-2,4-9,11H,3,10H2,(H,23,24). The molecular weight excluding hydrogens is 347 g/mol. The van der Waals surface area contributed by atoms with Gasteiger partial charge in [-0.25, -0.2) is 4.68 Å². The van der Waals surface area contributed by atoms with Crippen molar-refractivity contribution in [2.75, 3.05) is 0 Å². The monoisotopic (exact) mass is 360 g/mol. The van der Waals surface area contributed by atoms with Crippen molar-refractivity contribution < 1.29 is 9.90 Å². The van der Waals surface area contributed by atoms with Gasteiger partial charge in [0, 0.05) is 28.2 Å². The summed E-state index contributed by atoms with van der Waals surface area (Å²) in [4.78, 5) is 10.9. The van der Waals surface area contributed by atoms with Crippen LogP contribution in [-0.2, 0) is 11.2 Å². The van der Waals surface area contributed by atoms with E-state index >= 15 is 0 Å². The number of carboxylic acids is 1. The van der Waals surface area contributed by atoms with Gasteiger partial charge in [-0.15, -0.1) is 0 Å². The fourth-order valence-corrected chi connectivity index (χ4v) is 2.66. The van der Waals surface area contributed by atoms with Crippen LogP contribution >= 0.6 is 23.2 Å². The highest BCUT2D eigenvalue weighted by atomic mass is 35.5. The maximum Gasteiger partial charge on any atom is 0.303 e. The minimum atomic E-state index is -0.837. The van der Waals surface area contributed by atoms with Gasteiger partial charge in [0.2, 0.25) is 0 Å². The Morgan fingerprint density at radius 2 is 1.58 bits per heavy atom. The van der Waals surface area contributed by atoms with Crippen molar-refractivity contribution in [2.45, 2.75) is 12.8 Å². The number of hydrogen-bond acceptors (Lipinski definition) is 2. The van der Waals surface area contributed by atoms with Crippen molar-refractivity contribution in [3.63, 3.8) is 0 Å². The van der Waals surface area contributed by atoms with E-state index in [1.807, 2.05) is 30.5 Å². The predicted octanol–water partition coefficient (Wildman–Crippen LogP) is 4.86. The van der Waals surface area contributed by atoms with Crippen LogP contribution in [0.15, 0.2) is 54.7 Å². The molecule has 24 heavy (non-hydrogen) atoms. The average molecular weight is 361 g/mol. The highest BCUT2D eigenvalue weighted by molar-refractivity contribution is 6.30. The molecule has 3 aromatic rings. The summed E-state index contributed by atoms with van der Waals surface area (Å²) >= 11 is 11.9. The van der Waals surface area contributed by atoms with Crippen LogP contribution in [0.5, 0.6) is 0 Å². The van der Waals surface area contributed by atoms with Crippen LogP contribution < -0.4 is 0 Å². The largest absolute Gasteiger partial charge is 0.481 e. The number of aromatic nitrogens is 2. The van der Waals surface area contributed by atoms with Gasteiger partial charge in [0.25, 0.3) is 0 Å². The maximum atomic E-state index is 10.9. The van der Waals surface area contributed by atoms with Gasteiger partial charge in [-0.3, -0.25) is 4.79 Å². The van der Waals surface area contributed by atoms with E-state index < -0.39 is 5.97 Å². The van der Waals surface area contributed by atoms with E-state index in [1.165, 1.54) is 0 Å². The van der Waals surface area contributed by atoms with Gasteiger partial charge < -0.3 is 5.11 Å². The third kappa shape index (κ3) is 3.78. The molecule has 0 amide bonds. The lowest BCUT2D eigenvalue weighted by molar-refractivity contribution is -0.136. The van der Waals surface area contributed by atoms with Gasteiger partial charge in [-0.05, 0) is 48.4 Å². The third-order valence-corrected chi connectivity index (χ3v) is 4.11. The highest BCUT2D eigenvalue weighted by Crippen LogP contribution is 2.26. The number of aryl methyl sites for hydroxylation is 1. The van der Waals surface area contributed by atoms with Gasteiger partial charge in [0.1, 0.15) is 0 Å². The fourth-order valence-electron chi connectivity index (χ4n) is 2.41. The second-order valence-electron chi connectivity index (χ2n) is 5.32. The molecule has 3 rings (SSSR count). The molecule has 0 aliphatic heterocycles. The van der Waals surface area contributed by atoms with Gasteiger partial charge >= 0.3 is 5.97 Å². The van der Waals surface area contributed by atoms with Gasteiger partial charge in [0.05, 0.1) is 11.4 Å². The van der Waals surface area contributed by atoms with Crippen molar-refractivity contribution in [2.24, 2.45) is 0 Å². The molecule has 0 fully saturated rings. The minimum Gasteiger partial charge on any atom is -0.481 e. The van der Waals surface area contributed by atoms with E-state index in [0.717, 1.165) is 22.5 Å². The summed E-state index contributed by atoms with van der Waals surface area (Å²) in [6, 6.07) is 14.6. The van der Waals surface area contributed by atoms with Crippen molar-refractivity contribution >= 4 is 29.2 Å². The van der Waals surface area contributed by atoms with Gasteiger partial charge in [0.15, 0.2) is 0 Å². The number of nitrogens with zero attached hydrogens (tertiary/aromatic N) is 2. The lowest BCUT2D eigenvalue weighted by atomic mass is 10.0. The Morgan fingerprint density at radius 3 is 2.17 bits per heavy atom. The average Bonchev–Trinajstić information content (AvgIpc) is 2.98. The Morgan fingerprint density at radius 1 is 1.00 bits per heavy atom. The Kier molecular flexibility index (Phi) is 4.88.